The summed E-state index contributed by atoms with van der Waals surface area (Å²) in [5.74, 6) is -5.45. The van der Waals surface area contributed by atoms with Crippen LogP contribution in [0.1, 0.15) is 29.8 Å². The highest BCUT2D eigenvalue weighted by molar-refractivity contribution is 5.95. The van der Waals surface area contributed by atoms with Crippen LogP contribution in [0, 0.1) is 5.95 Å². The van der Waals surface area contributed by atoms with E-state index in [0.29, 0.717) is 0 Å². The Morgan fingerprint density at radius 2 is 1.62 bits per heavy atom. The number of nitrogens with one attached hydrogen (secondary N) is 4. The van der Waals surface area contributed by atoms with E-state index < -0.39 is 54.0 Å². The first-order chi connectivity index (χ1) is 15.1. The third-order valence-electron chi connectivity index (χ3n) is 3.66. The van der Waals surface area contributed by atoms with Gasteiger partial charge >= 0.3 is 18.0 Å². The van der Waals surface area contributed by atoms with Crippen molar-refractivity contribution in [1.29, 1.82) is 0 Å². The molecule has 0 aliphatic rings. The number of Topliss-reactive ketones (excluding diaryl/α,β-unsaturated/α-hetero) is 1. The van der Waals surface area contributed by atoms with Crippen LogP contribution in [0.3, 0.4) is 0 Å². The molecule has 0 fully saturated rings. The normalized spacial score (nSPS) is 11.0. The van der Waals surface area contributed by atoms with Gasteiger partial charge < -0.3 is 31.5 Å². The monoisotopic (exact) mass is 455 g/mol. The molecular formula is C17H21FN6O8. The van der Waals surface area contributed by atoms with Gasteiger partial charge in [-0.2, -0.15) is 4.39 Å². The number of amides is 4. The predicted molar refractivity (Wildman–Crippen MR) is 102 cm³/mol. The molecule has 0 saturated heterocycles. The number of aliphatic carboxylic acids is 2. The smallest absolute Gasteiger partial charge is 0.326 e. The van der Waals surface area contributed by atoms with Crippen molar-refractivity contribution in [3.63, 3.8) is 0 Å². The standard InChI is InChI=1S/C17H21FN6O8/c18-12-3-2-10(23-24-12)15(29)21-8-9(25)1-4-13(26)19-5-6-20-17(32)22-11(16(30)31)7-14(27)28/h2-3,11H,1,4-8H2,(H,19,26)(H,21,29)(H,27,28)(H,30,31)(H2,20,22,32)/t11-/m0/s1/i18-1. The van der Waals surface area contributed by atoms with Gasteiger partial charge in [0.2, 0.25) is 11.9 Å². The zero-order chi connectivity index (χ0) is 24.1. The molecule has 0 radical (unpaired) electrons. The van der Waals surface area contributed by atoms with Gasteiger partial charge in [-0.25, -0.2) is 9.59 Å². The first-order valence-electron chi connectivity index (χ1n) is 9.13. The largest absolute Gasteiger partial charge is 0.481 e. The SMILES string of the molecule is O=C(O)C[C@H](NC(=O)NCCNC(=O)CCC(=O)CNC(=O)c1ccc([18F])nn1)C(=O)O. The Labute approximate surface area is 180 Å². The Kier molecular flexibility index (Phi) is 10.7. The zero-order valence-electron chi connectivity index (χ0n) is 16.6. The van der Waals surface area contributed by atoms with Crippen LogP contribution < -0.4 is 21.3 Å². The summed E-state index contributed by atoms with van der Waals surface area (Å²) < 4.78 is 12.6. The molecule has 0 aromatic carbocycles. The minimum absolute atomic E-state index is 0.0307. The third-order valence-corrected chi connectivity index (χ3v) is 3.66. The van der Waals surface area contributed by atoms with Crippen molar-refractivity contribution in [2.45, 2.75) is 25.3 Å². The van der Waals surface area contributed by atoms with Gasteiger partial charge in [-0.05, 0) is 12.1 Å². The molecule has 1 aromatic heterocycles. The number of hydrogen-bond acceptors (Lipinski definition) is 8. The van der Waals surface area contributed by atoms with E-state index in [4.69, 9.17) is 10.2 Å². The van der Waals surface area contributed by atoms with Crippen molar-refractivity contribution in [3.05, 3.63) is 23.8 Å². The fourth-order valence-electron chi connectivity index (χ4n) is 2.10. The molecule has 32 heavy (non-hydrogen) atoms. The topological polar surface area (TPSA) is 217 Å². The lowest BCUT2D eigenvalue weighted by Crippen LogP contribution is -2.48. The lowest BCUT2D eigenvalue weighted by atomic mass is 10.2. The lowest BCUT2D eigenvalue weighted by Gasteiger charge is -2.13. The lowest BCUT2D eigenvalue weighted by molar-refractivity contribution is -0.145. The zero-order valence-corrected chi connectivity index (χ0v) is 16.6. The molecule has 0 bridgehead atoms. The van der Waals surface area contributed by atoms with Crippen LogP contribution in [0.2, 0.25) is 0 Å². The summed E-state index contributed by atoms with van der Waals surface area (Å²) in [6, 6.07) is -0.501. The number of carbonyl (C=O) groups is 6. The second-order valence-electron chi connectivity index (χ2n) is 6.20. The number of halogens is 1. The summed E-state index contributed by atoms with van der Waals surface area (Å²) in [5, 5.41) is 32.7. The molecular weight excluding hydrogens is 434 g/mol. The van der Waals surface area contributed by atoms with Gasteiger partial charge in [0.1, 0.15) is 6.04 Å². The number of carboxylic acid groups (broad SMARTS) is 2. The van der Waals surface area contributed by atoms with Crippen LogP contribution in [-0.4, -0.2) is 81.7 Å². The van der Waals surface area contributed by atoms with E-state index in [1.165, 1.54) is 0 Å². The van der Waals surface area contributed by atoms with Crippen LogP contribution in [0.25, 0.3) is 0 Å². The van der Waals surface area contributed by atoms with Gasteiger partial charge in [0.05, 0.1) is 13.0 Å². The van der Waals surface area contributed by atoms with Crippen molar-refractivity contribution in [1.82, 2.24) is 31.5 Å². The summed E-state index contributed by atoms with van der Waals surface area (Å²) in [5.41, 5.74) is -0.175. The molecule has 15 heteroatoms. The van der Waals surface area contributed by atoms with Gasteiger partial charge in [0.15, 0.2) is 11.5 Å². The Morgan fingerprint density at radius 3 is 2.22 bits per heavy atom. The van der Waals surface area contributed by atoms with Crippen LogP contribution >= 0.6 is 0 Å². The number of ketones is 1. The maximum absolute atomic E-state index is 12.6. The summed E-state index contributed by atoms with van der Waals surface area (Å²) in [6.45, 7) is -0.481. The molecule has 0 saturated carbocycles. The van der Waals surface area contributed by atoms with Gasteiger partial charge in [-0.3, -0.25) is 19.2 Å². The number of nitrogens with zero attached hydrogens (tertiary/aromatic N) is 2. The molecule has 174 valence electrons. The van der Waals surface area contributed by atoms with Crippen LogP contribution in [-0.2, 0) is 19.2 Å². The fourth-order valence-corrected chi connectivity index (χ4v) is 2.10. The van der Waals surface area contributed by atoms with Crippen molar-refractivity contribution in [2.75, 3.05) is 19.6 Å². The minimum Gasteiger partial charge on any atom is -0.481 e. The Balaban J connectivity index is 2.19. The average Bonchev–Trinajstić information content (AvgIpc) is 2.73. The number of carbonyl (C=O) groups excluding carboxylic acids is 4. The van der Waals surface area contributed by atoms with Crippen LogP contribution in [0.4, 0.5) is 9.18 Å². The summed E-state index contributed by atoms with van der Waals surface area (Å²) in [7, 11) is 0. The molecule has 14 nitrogen and oxygen atoms in total. The number of rotatable bonds is 13. The van der Waals surface area contributed by atoms with Crippen LogP contribution in [0.5, 0.6) is 0 Å². The average molecular weight is 455 g/mol. The second kappa shape index (κ2) is 13.2. The summed E-state index contributed by atoms with van der Waals surface area (Å²) >= 11 is 0. The Morgan fingerprint density at radius 1 is 0.938 bits per heavy atom. The third kappa shape index (κ3) is 10.6. The van der Waals surface area contributed by atoms with E-state index >= 15 is 0 Å². The summed E-state index contributed by atoms with van der Waals surface area (Å²) in [4.78, 5) is 68.1. The van der Waals surface area contributed by atoms with Gasteiger partial charge in [0, 0.05) is 25.9 Å². The van der Waals surface area contributed by atoms with E-state index in [1.807, 2.05) is 5.32 Å². The predicted octanol–water partition coefficient (Wildman–Crippen LogP) is -1.96. The maximum atomic E-state index is 12.6. The molecule has 1 rings (SSSR count). The second-order valence-corrected chi connectivity index (χ2v) is 6.20. The highest BCUT2D eigenvalue weighted by Crippen LogP contribution is 1.96. The maximum Gasteiger partial charge on any atom is 0.326 e. The van der Waals surface area contributed by atoms with Crippen molar-refractivity contribution in [2.24, 2.45) is 0 Å². The van der Waals surface area contributed by atoms with Crippen molar-refractivity contribution >= 4 is 35.6 Å². The number of urea groups is 1. The number of hydrogen-bond donors (Lipinski definition) is 6. The number of carboxylic acids is 2. The van der Waals surface area contributed by atoms with Gasteiger partial charge in [-0.1, -0.05) is 0 Å². The molecule has 0 unspecified atom stereocenters. The molecule has 4 amide bonds. The quantitative estimate of drug-likeness (QED) is 0.180. The Hall–Kier alpha value is -4.17. The first kappa shape index (κ1) is 25.9. The molecule has 6 N–H and O–H groups in total. The molecule has 1 aromatic rings. The van der Waals surface area contributed by atoms with E-state index in [0.717, 1.165) is 12.1 Å². The van der Waals surface area contributed by atoms with Crippen molar-refractivity contribution < 1.29 is 43.4 Å². The molecule has 0 aliphatic heterocycles. The molecule has 1 atom stereocenters. The Bertz CT molecular complexity index is 863. The number of aromatic nitrogens is 2. The van der Waals surface area contributed by atoms with Gasteiger partial charge in [0.25, 0.3) is 5.91 Å². The van der Waals surface area contributed by atoms with Crippen LogP contribution in [0.15, 0.2) is 12.1 Å². The van der Waals surface area contributed by atoms with Gasteiger partial charge in [-0.15, -0.1) is 10.2 Å². The van der Waals surface area contributed by atoms with E-state index in [-0.39, 0.29) is 38.2 Å². The van der Waals surface area contributed by atoms with Crippen molar-refractivity contribution in [3.8, 4) is 0 Å². The highest BCUT2D eigenvalue weighted by atomic mass is 18.2. The minimum atomic E-state index is -1.61. The van der Waals surface area contributed by atoms with E-state index in [2.05, 4.69) is 26.1 Å². The highest BCUT2D eigenvalue weighted by Gasteiger charge is 2.22. The molecule has 0 spiro atoms. The van der Waals surface area contributed by atoms with E-state index in [1.54, 1.807) is 0 Å². The first-order valence-corrected chi connectivity index (χ1v) is 9.13. The van der Waals surface area contributed by atoms with E-state index in [9.17, 15) is 33.2 Å². The molecule has 0 aliphatic carbocycles. The molecule has 1 heterocycles. The fraction of sp³-hybridized carbons (Fsp3) is 0.412. The summed E-state index contributed by atoms with van der Waals surface area (Å²) in [6.07, 6.45) is -1.16.